The number of benzene rings is 1. The molecule has 0 radical (unpaired) electrons. The monoisotopic (exact) mass is 288 g/mol. The number of halogens is 3. The lowest BCUT2D eigenvalue weighted by molar-refractivity contribution is -0.136. The van der Waals surface area contributed by atoms with E-state index in [1.54, 1.807) is 0 Å². The van der Waals surface area contributed by atoms with Crippen LogP contribution in [0.25, 0.3) is 0 Å². The van der Waals surface area contributed by atoms with E-state index in [4.69, 9.17) is 5.73 Å². The molecular weight excluding hydrogens is 265 g/mol. The van der Waals surface area contributed by atoms with Crippen LogP contribution in [0.2, 0.25) is 0 Å². The molecule has 1 unspecified atom stereocenters. The Bertz CT molecular complexity index is 416. The largest absolute Gasteiger partial charge is 0.418 e. The Labute approximate surface area is 118 Å². The predicted molar refractivity (Wildman–Crippen MR) is 77.7 cm³/mol. The van der Waals surface area contributed by atoms with E-state index in [2.05, 4.69) is 12.2 Å². The average Bonchev–Trinajstić information content (AvgIpc) is 2.35. The highest BCUT2D eigenvalue weighted by atomic mass is 19.4. The molecule has 0 spiro atoms. The molecule has 0 fully saturated rings. The van der Waals surface area contributed by atoms with Gasteiger partial charge in [-0.1, -0.05) is 32.6 Å². The second kappa shape index (κ2) is 7.41. The summed E-state index contributed by atoms with van der Waals surface area (Å²) in [6.45, 7) is 4.04. The second-order valence-corrected chi connectivity index (χ2v) is 5.20. The normalized spacial score (nSPS) is 13.2. The molecule has 0 heterocycles. The Kier molecular flexibility index (Phi) is 6.17. The number of rotatable bonds is 7. The van der Waals surface area contributed by atoms with Crippen LogP contribution in [0, 0.1) is 0 Å². The molecule has 0 saturated carbocycles. The predicted octanol–water partition coefficient (Wildman–Crippen LogP) is 5.06. The van der Waals surface area contributed by atoms with Gasteiger partial charge in [0.1, 0.15) is 0 Å². The van der Waals surface area contributed by atoms with Gasteiger partial charge >= 0.3 is 6.18 Å². The first-order valence-electron chi connectivity index (χ1n) is 7.08. The molecule has 1 aromatic carbocycles. The first-order chi connectivity index (χ1) is 9.34. The first-order valence-corrected chi connectivity index (χ1v) is 7.08. The van der Waals surface area contributed by atoms with Crippen LogP contribution in [0.15, 0.2) is 18.2 Å². The van der Waals surface area contributed by atoms with E-state index in [9.17, 15) is 13.2 Å². The third-order valence-corrected chi connectivity index (χ3v) is 3.24. The summed E-state index contributed by atoms with van der Waals surface area (Å²) in [5.74, 6) is 0. The smallest absolute Gasteiger partial charge is 0.399 e. The summed E-state index contributed by atoms with van der Waals surface area (Å²) >= 11 is 0. The Morgan fingerprint density at radius 3 is 2.50 bits per heavy atom. The topological polar surface area (TPSA) is 38.0 Å². The highest BCUT2D eigenvalue weighted by molar-refractivity contribution is 5.59. The molecule has 0 aliphatic rings. The van der Waals surface area contributed by atoms with Crippen molar-refractivity contribution in [1.29, 1.82) is 0 Å². The third kappa shape index (κ3) is 5.31. The summed E-state index contributed by atoms with van der Waals surface area (Å²) < 4.78 is 38.8. The van der Waals surface area contributed by atoms with Crippen molar-refractivity contribution in [3.05, 3.63) is 23.8 Å². The molecule has 2 nitrogen and oxygen atoms in total. The van der Waals surface area contributed by atoms with Gasteiger partial charge in [-0.2, -0.15) is 13.2 Å². The maximum Gasteiger partial charge on any atom is 0.418 e. The van der Waals surface area contributed by atoms with Gasteiger partial charge in [-0.05, 0) is 31.5 Å². The van der Waals surface area contributed by atoms with Crippen molar-refractivity contribution in [3.8, 4) is 0 Å². The van der Waals surface area contributed by atoms with Crippen molar-refractivity contribution in [1.82, 2.24) is 0 Å². The summed E-state index contributed by atoms with van der Waals surface area (Å²) in [5.41, 5.74) is 4.97. The zero-order valence-electron chi connectivity index (χ0n) is 12.1. The van der Waals surface area contributed by atoms with Crippen LogP contribution in [-0.4, -0.2) is 6.04 Å². The summed E-state index contributed by atoms with van der Waals surface area (Å²) in [5, 5.41) is 2.95. The number of nitrogen functional groups attached to an aromatic ring is 1. The Balaban J connectivity index is 2.67. The molecule has 3 N–H and O–H groups in total. The van der Waals surface area contributed by atoms with Crippen molar-refractivity contribution in [2.45, 2.75) is 58.2 Å². The Morgan fingerprint density at radius 1 is 1.20 bits per heavy atom. The molecule has 5 heteroatoms. The van der Waals surface area contributed by atoms with Gasteiger partial charge in [0.05, 0.1) is 5.56 Å². The lowest BCUT2D eigenvalue weighted by atomic mass is 10.1. The molecule has 1 rings (SSSR count). The van der Waals surface area contributed by atoms with Gasteiger partial charge in [-0.25, -0.2) is 0 Å². The molecule has 0 amide bonds. The molecule has 1 aromatic rings. The van der Waals surface area contributed by atoms with E-state index in [-0.39, 0.29) is 17.4 Å². The van der Waals surface area contributed by atoms with E-state index in [0.717, 1.165) is 31.7 Å². The second-order valence-electron chi connectivity index (χ2n) is 5.20. The number of unbranched alkanes of at least 4 members (excludes halogenated alkanes) is 3. The fourth-order valence-electron chi connectivity index (χ4n) is 2.14. The number of hydrogen-bond acceptors (Lipinski definition) is 2. The highest BCUT2D eigenvalue weighted by Gasteiger charge is 2.33. The van der Waals surface area contributed by atoms with Gasteiger partial charge in [-0.3, -0.25) is 0 Å². The van der Waals surface area contributed by atoms with Crippen molar-refractivity contribution in [3.63, 3.8) is 0 Å². The van der Waals surface area contributed by atoms with Crippen LogP contribution in [-0.2, 0) is 6.18 Å². The molecule has 0 aromatic heterocycles. The summed E-state index contributed by atoms with van der Waals surface area (Å²) in [7, 11) is 0. The van der Waals surface area contributed by atoms with Gasteiger partial charge in [0.2, 0.25) is 0 Å². The van der Waals surface area contributed by atoms with E-state index in [0.29, 0.717) is 0 Å². The standard InChI is InChI=1S/C15H23F3N2/c1-3-4-5-6-7-11(2)20-14-9-8-12(19)10-13(14)15(16,17)18/h8-11,20H,3-7,19H2,1-2H3. The Morgan fingerprint density at radius 2 is 1.90 bits per heavy atom. The highest BCUT2D eigenvalue weighted by Crippen LogP contribution is 2.36. The number of anilines is 2. The maximum absolute atomic E-state index is 12.9. The molecule has 0 bridgehead atoms. The van der Waals surface area contributed by atoms with E-state index in [1.807, 2.05) is 6.92 Å². The summed E-state index contributed by atoms with van der Waals surface area (Å²) in [4.78, 5) is 0. The quantitative estimate of drug-likeness (QED) is 0.543. The lowest BCUT2D eigenvalue weighted by Gasteiger charge is -2.19. The lowest BCUT2D eigenvalue weighted by Crippen LogP contribution is -2.19. The minimum absolute atomic E-state index is 0.0107. The van der Waals surface area contributed by atoms with Crippen LogP contribution >= 0.6 is 0 Å². The minimum atomic E-state index is -4.39. The zero-order chi connectivity index (χ0) is 15.2. The van der Waals surface area contributed by atoms with Gasteiger partial charge < -0.3 is 11.1 Å². The van der Waals surface area contributed by atoms with Crippen molar-refractivity contribution >= 4 is 11.4 Å². The fraction of sp³-hybridized carbons (Fsp3) is 0.600. The van der Waals surface area contributed by atoms with Crippen molar-refractivity contribution < 1.29 is 13.2 Å². The number of hydrogen-bond donors (Lipinski definition) is 2. The number of nitrogens with two attached hydrogens (primary N) is 1. The minimum Gasteiger partial charge on any atom is -0.399 e. The third-order valence-electron chi connectivity index (χ3n) is 3.24. The molecule has 0 aliphatic heterocycles. The van der Waals surface area contributed by atoms with Gasteiger partial charge in [-0.15, -0.1) is 0 Å². The Hall–Kier alpha value is -1.39. The fourth-order valence-corrected chi connectivity index (χ4v) is 2.14. The first kappa shape index (κ1) is 16.7. The van der Waals surface area contributed by atoms with Crippen LogP contribution in [0.1, 0.15) is 51.5 Å². The van der Waals surface area contributed by atoms with Gasteiger partial charge in [0, 0.05) is 17.4 Å². The maximum atomic E-state index is 12.9. The van der Waals surface area contributed by atoms with Crippen molar-refractivity contribution in [2.24, 2.45) is 0 Å². The molecule has 1 atom stereocenters. The van der Waals surface area contributed by atoms with Gasteiger partial charge in [0.25, 0.3) is 0 Å². The van der Waals surface area contributed by atoms with E-state index in [1.165, 1.54) is 18.6 Å². The number of nitrogens with one attached hydrogen (secondary N) is 1. The van der Waals surface area contributed by atoms with Crippen LogP contribution in [0.3, 0.4) is 0 Å². The number of alkyl halides is 3. The average molecular weight is 288 g/mol. The van der Waals surface area contributed by atoms with Crippen LogP contribution in [0.4, 0.5) is 24.5 Å². The molecule has 0 saturated heterocycles. The zero-order valence-corrected chi connectivity index (χ0v) is 12.1. The van der Waals surface area contributed by atoms with Crippen LogP contribution < -0.4 is 11.1 Å². The van der Waals surface area contributed by atoms with Crippen LogP contribution in [0.5, 0.6) is 0 Å². The molecule has 0 aliphatic carbocycles. The summed E-state index contributed by atoms with van der Waals surface area (Å²) in [6, 6.07) is 3.88. The van der Waals surface area contributed by atoms with Gasteiger partial charge in [0.15, 0.2) is 0 Å². The summed E-state index contributed by atoms with van der Waals surface area (Å²) in [6.07, 6.45) is 0.941. The van der Waals surface area contributed by atoms with Crippen molar-refractivity contribution in [2.75, 3.05) is 11.1 Å². The molecule has 114 valence electrons. The SMILES string of the molecule is CCCCCCC(C)Nc1ccc(N)cc1C(F)(F)F. The van der Waals surface area contributed by atoms with E-state index >= 15 is 0 Å². The van der Waals surface area contributed by atoms with E-state index < -0.39 is 11.7 Å². The molecule has 20 heavy (non-hydrogen) atoms. The molecular formula is C15H23F3N2.